The summed E-state index contributed by atoms with van der Waals surface area (Å²) in [6, 6.07) is 6.61. The zero-order valence-corrected chi connectivity index (χ0v) is 21.2. The highest BCUT2D eigenvalue weighted by Gasteiger charge is 2.34. The molecule has 1 aromatic carbocycles. The number of nitrogens with one attached hydrogen (secondary N) is 2. The first kappa shape index (κ1) is 26.7. The fourth-order valence-corrected chi connectivity index (χ4v) is 4.55. The molecule has 1 unspecified atom stereocenters. The van der Waals surface area contributed by atoms with Crippen molar-refractivity contribution in [2.24, 2.45) is 0 Å². The topological polar surface area (TPSA) is 99.7 Å². The maximum absolute atomic E-state index is 13.5. The maximum atomic E-state index is 13.5. The van der Waals surface area contributed by atoms with Gasteiger partial charge in [-0.1, -0.05) is 17.7 Å². The lowest BCUT2D eigenvalue weighted by molar-refractivity contribution is -0.111. The minimum atomic E-state index is -2.67. The van der Waals surface area contributed by atoms with E-state index in [1.54, 1.807) is 40.1 Å². The highest BCUT2D eigenvalue weighted by Crippen LogP contribution is 2.26. The Morgan fingerprint density at radius 1 is 1.27 bits per heavy atom. The summed E-state index contributed by atoms with van der Waals surface area (Å²) >= 11 is 5.96. The van der Waals surface area contributed by atoms with Crippen molar-refractivity contribution in [2.45, 2.75) is 31.2 Å². The van der Waals surface area contributed by atoms with Gasteiger partial charge in [0.25, 0.3) is 11.8 Å². The molecule has 12 heteroatoms. The Morgan fingerprint density at radius 2 is 2.05 bits per heavy atom. The Labute approximate surface area is 218 Å². The summed E-state index contributed by atoms with van der Waals surface area (Å²) in [5.41, 5.74) is 1.04. The van der Waals surface area contributed by atoms with Crippen LogP contribution in [0.25, 0.3) is 0 Å². The van der Waals surface area contributed by atoms with Crippen LogP contribution in [-0.2, 0) is 4.79 Å². The number of nitrogens with zero attached hydrogens (tertiary/aromatic N) is 4. The van der Waals surface area contributed by atoms with Crippen molar-refractivity contribution >= 4 is 35.1 Å². The highest BCUT2D eigenvalue weighted by atomic mass is 35.5. The van der Waals surface area contributed by atoms with Gasteiger partial charge in [0, 0.05) is 49.4 Å². The third kappa shape index (κ3) is 7.36. The Balaban J connectivity index is 1.24. The van der Waals surface area contributed by atoms with Crippen LogP contribution in [0.2, 0.25) is 5.02 Å². The molecular weight excluding hydrogens is 506 g/mol. The first-order chi connectivity index (χ1) is 17.7. The molecule has 2 amide bonds. The normalized spacial score (nSPS) is 19.7. The molecule has 3 heterocycles. The number of benzene rings is 1. The Morgan fingerprint density at radius 3 is 2.78 bits per heavy atom. The zero-order valence-electron chi connectivity index (χ0n) is 20.4. The summed E-state index contributed by atoms with van der Waals surface area (Å²) in [5.74, 6) is -2.49. The van der Waals surface area contributed by atoms with Gasteiger partial charge in [0.1, 0.15) is 5.02 Å². The lowest BCUT2D eigenvalue weighted by Gasteiger charge is -2.31. The number of likely N-dealkylation sites (tertiary alicyclic amines) is 2. The molecule has 0 aliphatic carbocycles. The van der Waals surface area contributed by atoms with Crippen LogP contribution in [0.1, 0.15) is 29.6 Å². The van der Waals surface area contributed by atoms with Crippen LogP contribution in [0.3, 0.4) is 0 Å². The molecule has 37 heavy (non-hydrogen) atoms. The summed E-state index contributed by atoms with van der Waals surface area (Å²) in [4.78, 5) is 36.9. The molecule has 2 saturated heterocycles. The summed E-state index contributed by atoms with van der Waals surface area (Å²) in [6.45, 7) is 1.66. The van der Waals surface area contributed by atoms with Crippen LogP contribution >= 0.6 is 11.6 Å². The Hall–Kier alpha value is -3.31. The lowest BCUT2D eigenvalue weighted by atomic mass is 10.1. The molecule has 2 aromatic rings. The minimum Gasteiger partial charge on any atom is -0.480 e. The predicted octanol–water partition coefficient (Wildman–Crippen LogP) is 3.69. The summed E-state index contributed by atoms with van der Waals surface area (Å²) in [7, 11) is 1.48. The van der Waals surface area contributed by atoms with Gasteiger partial charge in [0.15, 0.2) is 0 Å². The number of aromatic nitrogens is 2. The maximum Gasteiger partial charge on any atom is 0.260 e. The first-order valence-electron chi connectivity index (χ1n) is 12.0. The molecule has 2 N–H and O–H groups in total. The highest BCUT2D eigenvalue weighted by molar-refractivity contribution is 6.31. The van der Waals surface area contributed by atoms with Crippen molar-refractivity contribution in [3.8, 4) is 5.88 Å². The Kier molecular flexibility index (Phi) is 8.55. The number of hydrogen-bond acceptors (Lipinski definition) is 7. The van der Waals surface area contributed by atoms with Gasteiger partial charge >= 0.3 is 0 Å². The summed E-state index contributed by atoms with van der Waals surface area (Å²) in [6.07, 6.45) is 5.46. The second kappa shape index (κ2) is 11.8. The van der Waals surface area contributed by atoms with Crippen LogP contribution in [0.5, 0.6) is 5.88 Å². The molecular formula is C25H29ClF2N6O3. The van der Waals surface area contributed by atoms with Crippen LogP contribution in [0, 0.1) is 0 Å². The van der Waals surface area contributed by atoms with E-state index in [4.69, 9.17) is 16.3 Å². The van der Waals surface area contributed by atoms with Crippen molar-refractivity contribution in [3.05, 3.63) is 53.2 Å². The van der Waals surface area contributed by atoms with E-state index in [0.717, 1.165) is 6.42 Å². The number of piperidine rings is 1. The third-order valence-corrected chi connectivity index (χ3v) is 6.48. The third-order valence-electron chi connectivity index (χ3n) is 6.22. The van der Waals surface area contributed by atoms with Crippen LogP contribution < -0.4 is 15.4 Å². The number of rotatable bonds is 8. The summed E-state index contributed by atoms with van der Waals surface area (Å²) in [5, 5.41) is 6.24. The fourth-order valence-electron chi connectivity index (χ4n) is 4.38. The number of methoxy groups -OCH3 is 1. The van der Waals surface area contributed by atoms with Crippen molar-refractivity contribution < 1.29 is 23.1 Å². The Bertz CT molecular complexity index is 1150. The van der Waals surface area contributed by atoms with Gasteiger partial charge in [-0.2, -0.15) is 4.98 Å². The smallest absolute Gasteiger partial charge is 0.260 e. The van der Waals surface area contributed by atoms with Crippen molar-refractivity contribution in [1.82, 2.24) is 19.8 Å². The number of hydrogen-bond donors (Lipinski definition) is 2. The number of anilines is 2. The average molecular weight is 535 g/mol. The van der Waals surface area contributed by atoms with E-state index in [0.29, 0.717) is 54.8 Å². The van der Waals surface area contributed by atoms with E-state index in [2.05, 4.69) is 20.6 Å². The first-order valence-corrected chi connectivity index (χ1v) is 12.4. The van der Waals surface area contributed by atoms with Gasteiger partial charge < -0.3 is 20.3 Å². The average Bonchev–Trinajstić information content (AvgIpc) is 3.33. The quantitative estimate of drug-likeness (QED) is 0.498. The van der Waals surface area contributed by atoms with Crippen LogP contribution in [0.15, 0.2) is 42.6 Å². The van der Waals surface area contributed by atoms with E-state index >= 15 is 0 Å². The lowest BCUT2D eigenvalue weighted by Crippen LogP contribution is -2.42. The van der Waals surface area contributed by atoms with Crippen molar-refractivity contribution in [2.75, 3.05) is 50.5 Å². The van der Waals surface area contributed by atoms with E-state index < -0.39 is 5.92 Å². The molecule has 0 radical (unpaired) electrons. The molecule has 2 aliphatic heterocycles. The van der Waals surface area contributed by atoms with Crippen molar-refractivity contribution in [1.29, 1.82) is 0 Å². The van der Waals surface area contributed by atoms with Gasteiger partial charge in [-0.15, -0.1) is 0 Å². The fraction of sp³-hybridized carbons (Fsp3) is 0.440. The molecule has 1 aromatic heterocycles. The van der Waals surface area contributed by atoms with E-state index in [9.17, 15) is 18.4 Å². The number of alkyl halides is 2. The second-order valence-corrected chi connectivity index (χ2v) is 9.50. The van der Waals surface area contributed by atoms with E-state index in [-0.39, 0.29) is 36.7 Å². The van der Waals surface area contributed by atoms with Gasteiger partial charge in [-0.05, 0) is 43.7 Å². The number of amides is 2. The van der Waals surface area contributed by atoms with Crippen molar-refractivity contribution in [3.63, 3.8) is 0 Å². The molecule has 1 atom stereocenters. The van der Waals surface area contributed by atoms with Gasteiger partial charge in [0.05, 0.1) is 19.9 Å². The SMILES string of the molecule is COc1nc(NC2CCN(C(=O)c3ccc(NC(=O)/C=C/CN4CCCC(F)(F)C4)cc3)C2)ncc1Cl. The van der Waals surface area contributed by atoms with Gasteiger partial charge in [0.2, 0.25) is 17.7 Å². The predicted molar refractivity (Wildman–Crippen MR) is 136 cm³/mol. The molecule has 0 spiro atoms. The van der Waals surface area contributed by atoms with E-state index in [1.165, 1.54) is 19.4 Å². The molecule has 198 valence electrons. The minimum absolute atomic E-state index is 0.0173. The molecule has 2 fully saturated rings. The number of carbonyl (C=O) groups is 2. The zero-order chi connectivity index (χ0) is 26.4. The second-order valence-electron chi connectivity index (χ2n) is 9.10. The monoisotopic (exact) mass is 534 g/mol. The molecule has 0 bridgehead atoms. The van der Waals surface area contributed by atoms with E-state index in [1.807, 2.05) is 0 Å². The number of ether oxygens (including phenoxy) is 1. The van der Waals surface area contributed by atoms with Crippen LogP contribution in [-0.4, -0.2) is 83.4 Å². The van der Waals surface area contributed by atoms with Crippen LogP contribution in [0.4, 0.5) is 20.4 Å². The number of halogens is 3. The van der Waals surface area contributed by atoms with Gasteiger partial charge in [-0.3, -0.25) is 14.5 Å². The largest absolute Gasteiger partial charge is 0.480 e. The van der Waals surface area contributed by atoms with Gasteiger partial charge in [-0.25, -0.2) is 13.8 Å². The number of carbonyl (C=O) groups excluding carboxylic acids is 2. The standard InChI is InChI=1S/C25H29ClF2N6O3/c1-37-22-20(26)14-29-24(32-22)31-19-9-13-34(15-19)23(36)17-5-7-18(8-6-17)30-21(35)4-2-11-33-12-3-10-25(27,28)16-33/h2,4-8,14,19H,3,9-13,15-16H2,1H3,(H,30,35)(H,29,31,32)/b4-2+. The summed E-state index contributed by atoms with van der Waals surface area (Å²) < 4.78 is 32.1. The molecule has 2 aliphatic rings. The molecule has 4 rings (SSSR count). The molecule has 0 saturated carbocycles. The molecule has 9 nitrogen and oxygen atoms in total.